The molecule has 0 aromatic heterocycles. The fraction of sp³-hybridized carbons (Fsp3) is 0.0769. The van der Waals surface area contributed by atoms with Gasteiger partial charge in [-0.1, -0.05) is 36.4 Å². The van der Waals surface area contributed by atoms with Gasteiger partial charge in [0.25, 0.3) is 4.84 Å². The molecule has 0 N–H and O–H groups in total. The van der Waals surface area contributed by atoms with Gasteiger partial charge >= 0.3 is 0 Å². The van der Waals surface area contributed by atoms with Gasteiger partial charge in [0.2, 0.25) is 9.84 Å². The number of halogens is 1. The second-order valence-corrected chi connectivity index (χ2v) is 6.71. The van der Waals surface area contributed by atoms with E-state index in [1.807, 2.05) is 0 Å². The highest BCUT2D eigenvalue weighted by atomic mass is 32.3. The number of para-hydroxylation sites is 1. The van der Waals surface area contributed by atoms with Crippen molar-refractivity contribution in [2.45, 2.75) is 9.73 Å². The Balaban J connectivity index is 1.93. The number of benzene rings is 2. The van der Waals surface area contributed by atoms with Crippen LogP contribution in [0, 0.1) is 0 Å². The molecule has 1 unspecified atom stereocenters. The summed E-state index contributed by atoms with van der Waals surface area (Å²) in [6, 6.07) is 15.7. The molecule has 0 spiro atoms. The van der Waals surface area contributed by atoms with Crippen molar-refractivity contribution in [2.75, 3.05) is 0 Å². The molecule has 1 atom stereocenters. The van der Waals surface area contributed by atoms with E-state index in [1.54, 1.807) is 36.4 Å². The van der Waals surface area contributed by atoms with Crippen molar-refractivity contribution in [3.63, 3.8) is 0 Å². The van der Waals surface area contributed by atoms with Gasteiger partial charge in [0, 0.05) is 0 Å². The monoisotopic (exact) mass is 314 g/mol. The zero-order valence-corrected chi connectivity index (χ0v) is 11.8. The lowest BCUT2D eigenvalue weighted by molar-refractivity contribution is -0.0788. The topological polar surface area (TPSA) is 52.6 Å². The summed E-state index contributed by atoms with van der Waals surface area (Å²) in [6.45, 7) is 0. The summed E-state index contributed by atoms with van der Waals surface area (Å²) in [4.78, 5) is 2.39. The van der Waals surface area contributed by atoms with Crippen LogP contribution in [0.5, 0.6) is 5.75 Å². The van der Waals surface area contributed by atoms with Crippen LogP contribution in [-0.4, -0.2) is 13.3 Å². The van der Waals surface area contributed by atoms with Crippen molar-refractivity contribution in [1.82, 2.24) is 0 Å². The van der Waals surface area contributed by atoms with Crippen LogP contribution in [0.4, 0.5) is 4.39 Å². The predicted octanol–water partition coefficient (Wildman–Crippen LogP) is 3.37. The Labute approximate surface area is 120 Å². The Bertz CT molecular complexity index is 632. The number of rotatable bonds is 6. The van der Waals surface area contributed by atoms with Crippen molar-refractivity contribution < 1.29 is 22.0 Å². The van der Waals surface area contributed by atoms with E-state index in [-0.39, 0.29) is 16.9 Å². The van der Waals surface area contributed by atoms with Gasteiger partial charge in [-0.3, -0.25) is 0 Å². The summed E-state index contributed by atoms with van der Waals surface area (Å²) in [7, 11) is -4.10. The summed E-state index contributed by atoms with van der Waals surface area (Å²) in [6.07, 6.45) is 0. The maximum Gasteiger partial charge on any atom is 0.279 e. The van der Waals surface area contributed by atoms with E-state index in [9.17, 15) is 12.8 Å². The van der Waals surface area contributed by atoms with Crippen LogP contribution < -0.4 is 4.89 Å². The zero-order valence-electron chi connectivity index (χ0n) is 10.2. The molecule has 0 bridgehead atoms. The number of hydrogen-bond donors (Lipinski definition) is 0. The first-order chi connectivity index (χ1) is 9.60. The van der Waals surface area contributed by atoms with Crippen LogP contribution in [0.1, 0.15) is 0 Å². The van der Waals surface area contributed by atoms with Crippen LogP contribution in [0.2, 0.25) is 0 Å². The summed E-state index contributed by atoms with van der Waals surface area (Å²) in [5.74, 6) is 0.351. The molecule has 0 saturated carbocycles. The Hall–Kier alpha value is -1.57. The van der Waals surface area contributed by atoms with E-state index in [4.69, 9.17) is 4.89 Å². The fourth-order valence-electron chi connectivity index (χ4n) is 1.33. The molecule has 0 aliphatic rings. The maximum atomic E-state index is 13.7. The molecule has 7 heteroatoms. The molecule has 0 radical (unpaired) electrons. The van der Waals surface area contributed by atoms with Crippen molar-refractivity contribution in [1.29, 1.82) is 0 Å². The zero-order chi connectivity index (χ0) is 14.4. The highest BCUT2D eigenvalue weighted by Gasteiger charge is 2.29. The molecular weight excluding hydrogens is 303 g/mol. The minimum Gasteiger partial charge on any atom is -0.325 e. The number of hydrogen-bond acceptors (Lipinski definition) is 5. The highest BCUT2D eigenvalue weighted by Crippen LogP contribution is 2.27. The number of alkyl halides is 1. The van der Waals surface area contributed by atoms with E-state index in [0.29, 0.717) is 5.75 Å². The Morgan fingerprint density at radius 1 is 0.950 bits per heavy atom. The third kappa shape index (κ3) is 3.72. The SMILES string of the molecule is O=S(=O)(c1ccccc1)C(F)SOOc1ccccc1. The van der Waals surface area contributed by atoms with Gasteiger partial charge in [-0.15, -0.1) is 4.33 Å². The van der Waals surface area contributed by atoms with Gasteiger partial charge < -0.3 is 4.89 Å². The van der Waals surface area contributed by atoms with Crippen LogP contribution in [0.15, 0.2) is 65.6 Å². The first-order valence-corrected chi connectivity index (χ1v) is 7.94. The smallest absolute Gasteiger partial charge is 0.279 e. The minimum atomic E-state index is -4.10. The van der Waals surface area contributed by atoms with Crippen LogP contribution in [-0.2, 0) is 14.2 Å². The molecule has 2 aromatic rings. The van der Waals surface area contributed by atoms with Crippen molar-refractivity contribution in [2.24, 2.45) is 0 Å². The molecule has 2 rings (SSSR count). The first-order valence-electron chi connectivity index (χ1n) is 5.59. The van der Waals surface area contributed by atoms with Gasteiger partial charge in [0.05, 0.1) is 16.9 Å². The molecule has 106 valence electrons. The summed E-state index contributed by atoms with van der Waals surface area (Å²) < 4.78 is 42.0. The summed E-state index contributed by atoms with van der Waals surface area (Å²) >= 11 is 0.0962. The third-order valence-electron chi connectivity index (χ3n) is 2.30. The largest absolute Gasteiger partial charge is 0.325 e. The molecular formula is C13H11FO4S2. The van der Waals surface area contributed by atoms with E-state index < -0.39 is 14.7 Å². The molecule has 20 heavy (non-hydrogen) atoms. The van der Waals surface area contributed by atoms with Crippen LogP contribution in [0.25, 0.3) is 0 Å². The lowest BCUT2D eigenvalue weighted by atomic mass is 10.3. The molecule has 0 amide bonds. The van der Waals surface area contributed by atoms with Gasteiger partial charge in [-0.25, -0.2) is 12.8 Å². The third-order valence-corrected chi connectivity index (χ3v) is 5.01. The molecule has 0 aliphatic carbocycles. The molecule has 0 fully saturated rings. The average Bonchev–Trinajstić information content (AvgIpc) is 2.49. The van der Waals surface area contributed by atoms with E-state index in [1.165, 1.54) is 24.3 Å². The Morgan fingerprint density at radius 3 is 2.10 bits per heavy atom. The van der Waals surface area contributed by atoms with E-state index in [0.717, 1.165) is 0 Å². The lowest BCUT2D eigenvalue weighted by Gasteiger charge is -2.08. The van der Waals surface area contributed by atoms with Gasteiger partial charge in [0.15, 0.2) is 5.75 Å². The maximum absolute atomic E-state index is 13.7. The standard InChI is InChI=1S/C13H11FO4S2/c14-13(19-18-17-11-7-3-1-4-8-11)20(15,16)12-9-5-2-6-10-12/h1-10,13H. The average molecular weight is 314 g/mol. The molecule has 0 aliphatic heterocycles. The van der Waals surface area contributed by atoms with Gasteiger partial charge in [0.1, 0.15) is 0 Å². The Morgan fingerprint density at radius 2 is 1.50 bits per heavy atom. The van der Waals surface area contributed by atoms with Crippen LogP contribution in [0.3, 0.4) is 0 Å². The summed E-state index contributed by atoms with van der Waals surface area (Å²) in [5.41, 5.74) is 0. The highest BCUT2D eigenvalue weighted by molar-refractivity contribution is 8.10. The van der Waals surface area contributed by atoms with Crippen LogP contribution >= 0.6 is 12.0 Å². The fourth-order valence-corrected chi connectivity index (χ4v) is 3.11. The van der Waals surface area contributed by atoms with E-state index in [2.05, 4.69) is 4.33 Å². The van der Waals surface area contributed by atoms with E-state index >= 15 is 0 Å². The molecule has 4 nitrogen and oxygen atoms in total. The Kier molecular flexibility index (Phi) is 4.99. The van der Waals surface area contributed by atoms with Crippen molar-refractivity contribution >= 4 is 21.9 Å². The normalized spacial score (nSPS) is 12.8. The first kappa shape index (κ1) is 14.8. The number of sulfone groups is 1. The second-order valence-electron chi connectivity index (χ2n) is 3.69. The van der Waals surface area contributed by atoms with Gasteiger partial charge in [-0.05, 0) is 24.3 Å². The van der Waals surface area contributed by atoms with Crippen molar-refractivity contribution in [3.05, 3.63) is 60.7 Å². The second kappa shape index (κ2) is 6.74. The predicted molar refractivity (Wildman–Crippen MR) is 74.3 cm³/mol. The minimum absolute atomic E-state index is 0.0962. The van der Waals surface area contributed by atoms with Gasteiger partial charge in [-0.2, -0.15) is 0 Å². The molecule has 0 heterocycles. The molecule has 0 saturated heterocycles. The van der Waals surface area contributed by atoms with Crippen molar-refractivity contribution in [3.8, 4) is 5.75 Å². The summed E-state index contributed by atoms with van der Waals surface area (Å²) in [5, 5.41) is 0. The lowest BCUT2D eigenvalue weighted by Crippen LogP contribution is -2.14. The molecule has 2 aromatic carbocycles. The quantitative estimate of drug-likeness (QED) is 0.465.